The van der Waals surface area contributed by atoms with Gasteiger partial charge in [-0.15, -0.1) is 0 Å². The van der Waals surface area contributed by atoms with E-state index < -0.39 is 0 Å². The van der Waals surface area contributed by atoms with E-state index in [4.69, 9.17) is 10.5 Å². The Morgan fingerprint density at radius 1 is 1.50 bits per heavy atom. The highest BCUT2D eigenvalue weighted by molar-refractivity contribution is 5.93. The largest absolute Gasteiger partial charge is 0.495 e. The molecule has 0 radical (unpaired) electrons. The molecule has 1 aromatic rings. The van der Waals surface area contributed by atoms with Gasteiger partial charge in [-0.1, -0.05) is 19.9 Å². The number of anilines is 1. The van der Waals surface area contributed by atoms with Crippen LogP contribution in [-0.2, 0) is 11.3 Å². The maximum Gasteiger partial charge on any atom is 0.227 e. The van der Waals surface area contributed by atoms with Crippen molar-refractivity contribution in [3.63, 3.8) is 0 Å². The van der Waals surface area contributed by atoms with Crippen LogP contribution in [-0.4, -0.2) is 13.0 Å². The Balaban J connectivity index is 2.91. The van der Waals surface area contributed by atoms with Crippen LogP contribution < -0.4 is 15.8 Å². The maximum atomic E-state index is 11.5. The van der Waals surface area contributed by atoms with Gasteiger partial charge in [-0.2, -0.15) is 0 Å². The summed E-state index contributed by atoms with van der Waals surface area (Å²) in [5.41, 5.74) is 7.18. The van der Waals surface area contributed by atoms with Crippen LogP contribution in [0.1, 0.15) is 19.4 Å². The molecule has 0 aliphatic carbocycles. The molecule has 0 aromatic heterocycles. The maximum absolute atomic E-state index is 11.5. The van der Waals surface area contributed by atoms with Gasteiger partial charge in [-0.05, 0) is 17.7 Å². The molecule has 1 rings (SSSR count). The predicted octanol–water partition coefficient (Wildman–Crippen LogP) is 1.75. The second-order valence-corrected chi connectivity index (χ2v) is 3.88. The number of hydrogen-bond donors (Lipinski definition) is 2. The smallest absolute Gasteiger partial charge is 0.227 e. The number of hydrogen-bond acceptors (Lipinski definition) is 3. The summed E-state index contributed by atoms with van der Waals surface area (Å²) in [5.74, 6) is 0.551. The molecule has 0 spiro atoms. The Hall–Kier alpha value is -1.55. The van der Waals surface area contributed by atoms with Gasteiger partial charge < -0.3 is 15.8 Å². The van der Waals surface area contributed by atoms with Gasteiger partial charge in [0.05, 0.1) is 12.8 Å². The van der Waals surface area contributed by atoms with Gasteiger partial charge in [0.15, 0.2) is 0 Å². The second kappa shape index (κ2) is 5.51. The van der Waals surface area contributed by atoms with E-state index in [0.29, 0.717) is 18.0 Å². The number of nitrogens with one attached hydrogen (secondary N) is 1. The second-order valence-electron chi connectivity index (χ2n) is 3.88. The molecule has 0 aliphatic heterocycles. The molecular weight excluding hydrogens is 204 g/mol. The zero-order valence-electron chi connectivity index (χ0n) is 9.91. The minimum Gasteiger partial charge on any atom is -0.495 e. The van der Waals surface area contributed by atoms with E-state index in [0.717, 1.165) is 5.56 Å². The van der Waals surface area contributed by atoms with Crippen molar-refractivity contribution >= 4 is 11.6 Å². The van der Waals surface area contributed by atoms with E-state index in [2.05, 4.69) is 5.32 Å². The molecule has 0 aliphatic rings. The number of carbonyl (C=O) groups is 1. The van der Waals surface area contributed by atoms with Crippen molar-refractivity contribution in [2.75, 3.05) is 12.4 Å². The highest BCUT2D eigenvalue weighted by atomic mass is 16.5. The fraction of sp³-hybridized carbons (Fsp3) is 0.417. The van der Waals surface area contributed by atoms with E-state index >= 15 is 0 Å². The number of rotatable bonds is 4. The average molecular weight is 222 g/mol. The summed E-state index contributed by atoms with van der Waals surface area (Å²) in [7, 11) is 1.57. The van der Waals surface area contributed by atoms with E-state index in [1.54, 1.807) is 13.2 Å². The molecular formula is C12H18N2O2. The SMILES string of the molecule is COc1cc(CN)ccc1NC(=O)C(C)C. The van der Waals surface area contributed by atoms with E-state index in [1.165, 1.54) is 0 Å². The van der Waals surface area contributed by atoms with Crippen molar-refractivity contribution < 1.29 is 9.53 Å². The third kappa shape index (κ3) is 2.97. The van der Waals surface area contributed by atoms with Gasteiger partial charge in [0.25, 0.3) is 0 Å². The van der Waals surface area contributed by atoms with Crippen LogP contribution in [0.4, 0.5) is 5.69 Å². The van der Waals surface area contributed by atoms with Gasteiger partial charge in [-0.25, -0.2) is 0 Å². The fourth-order valence-electron chi connectivity index (χ4n) is 1.24. The quantitative estimate of drug-likeness (QED) is 0.815. The number of benzene rings is 1. The Bertz CT molecular complexity index is 375. The first kappa shape index (κ1) is 12.5. The molecule has 88 valence electrons. The van der Waals surface area contributed by atoms with Gasteiger partial charge in [0.1, 0.15) is 5.75 Å². The lowest BCUT2D eigenvalue weighted by molar-refractivity contribution is -0.118. The van der Waals surface area contributed by atoms with E-state index in [-0.39, 0.29) is 11.8 Å². The summed E-state index contributed by atoms with van der Waals surface area (Å²) in [6.45, 7) is 4.14. The summed E-state index contributed by atoms with van der Waals surface area (Å²) in [4.78, 5) is 11.5. The van der Waals surface area contributed by atoms with Crippen molar-refractivity contribution in [3.05, 3.63) is 23.8 Å². The molecule has 0 unspecified atom stereocenters. The fourth-order valence-corrected chi connectivity index (χ4v) is 1.24. The van der Waals surface area contributed by atoms with Crippen molar-refractivity contribution in [1.29, 1.82) is 0 Å². The number of amides is 1. The highest BCUT2D eigenvalue weighted by Gasteiger charge is 2.10. The van der Waals surface area contributed by atoms with Crippen molar-refractivity contribution in [3.8, 4) is 5.75 Å². The lowest BCUT2D eigenvalue weighted by atomic mass is 10.1. The lowest BCUT2D eigenvalue weighted by Gasteiger charge is -2.12. The van der Waals surface area contributed by atoms with E-state index in [9.17, 15) is 4.79 Å². The van der Waals surface area contributed by atoms with Crippen LogP contribution in [0.3, 0.4) is 0 Å². The third-order valence-corrected chi connectivity index (χ3v) is 2.28. The Morgan fingerprint density at radius 2 is 2.19 bits per heavy atom. The lowest BCUT2D eigenvalue weighted by Crippen LogP contribution is -2.18. The summed E-state index contributed by atoms with van der Waals surface area (Å²) in [6.07, 6.45) is 0. The van der Waals surface area contributed by atoms with Gasteiger partial charge in [0.2, 0.25) is 5.91 Å². The minimum atomic E-state index is -0.0566. The molecule has 4 nitrogen and oxygen atoms in total. The average Bonchev–Trinajstić information content (AvgIpc) is 2.29. The van der Waals surface area contributed by atoms with Crippen molar-refractivity contribution in [2.45, 2.75) is 20.4 Å². The first-order valence-electron chi connectivity index (χ1n) is 5.26. The zero-order chi connectivity index (χ0) is 12.1. The molecule has 0 saturated carbocycles. The molecule has 0 atom stereocenters. The molecule has 0 fully saturated rings. The number of ether oxygens (including phenoxy) is 1. The van der Waals surface area contributed by atoms with Crippen LogP contribution >= 0.6 is 0 Å². The monoisotopic (exact) mass is 222 g/mol. The molecule has 1 amide bonds. The Morgan fingerprint density at radius 3 is 2.69 bits per heavy atom. The molecule has 16 heavy (non-hydrogen) atoms. The Labute approximate surface area is 95.8 Å². The molecule has 1 aromatic carbocycles. The molecule has 4 heteroatoms. The van der Waals surface area contributed by atoms with Crippen molar-refractivity contribution in [2.24, 2.45) is 11.7 Å². The normalized spacial score (nSPS) is 10.3. The molecule has 0 saturated heterocycles. The highest BCUT2D eigenvalue weighted by Crippen LogP contribution is 2.25. The summed E-state index contributed by atoms with van der Waals surface area (Å²) in [5, 5.41) is 2.81. The zero-order valence-corrected chi connectivity index (χ0v) is 9.91. The van der Waals surface area contributed by atoms with Crippen LogP contribution in [0.25, 0.3) is 0 Å². The topological polar surface area (TPSA) is 64.3 Å². The first-order valence-corrected chi connectivity index (χ1v) is 5.26. The van der Waals surface area contributed by atoms with Crippen LogP contribution in [0.5, 0.6) is 5.75 Å². The number of methoxy groups -OCH3 is 1. The first-order chi connectivity index (χ1) is 7.58. The van der Waals surface area contributed by atoms with Gasteiger partial charge >= 0.3 is 0 Å². The molecule has 3 N–H and O–H groups in total. The number of carbonyl (C=O) groups excluding carboxylic acids is 1. The van der Waals surface area contributed by atoms with Crippen LogP contribution in [0.2, 0.25) is 0 Å². The van der Waals surface area contributed by atoms with Crippen LogP contribution in [0.15, 0.2) is 18.2 Å². The summed E-state index contributed by atoms with van der Waals surface area (Å²) >= 11 is 0. The third-order valence-electron chi connectivity index (χ3n) is 2.28. The Kier molecular flexibility index (Phi) is 4.31. The predicted molar refractivity (Wildman–Crippen MR) is 64.4 cm³/mol. The van der Waals surface area contributed by atoms with E-state index in [1.807, 2.05) is 26.0 Å². The molecule has 0 heterocycles. The minimum absolute atomic E-state index is 0.0289. The summed E-state index contributed by atoms with van der Waals surface area (Å²) in [6, 6.07) is 5.51. The van der Waals surface area contributed by atoms with Gasteiger partial charge in [0, 0.05) is 12.5 Å². The standard InChI is InChI=1S/C12H18N2O2/c1-8(2)12(15)14-10-5-4-9(7-13)6-11(10)16-3/h4-6,8H,7,13H2,1-3H3,(H,14,15). The van der Waals surface area contributed by atoms with Crippen molar-refractivity contribution in [1.82, 2.24) is 0 Å². The summed E-state index contributed by atoms with van der Waals surface area (Å²) < 4.78 is 5.20. The molecule has 0 bridgehead atoms. The van der Waals surface area contributed by atoms with Crippen LogP contribution in [0, 0.1) is 5.92 Å². The van der Waals surface area contributed by atoms with Gasteiger partial charge in [-0.3, -0.25) is 4.79 Å². The number of nitrogens with two attached hydrogens (primary N) is 1.